The molecule has 1 aromatic heterocycles. The molecular formula is C28H32F2N4O2. The van der Waals surface area contributed by atoms with Crippen LogP contribution < -0.4 is 10.2 Å². The molecule has 1 amide bonds. The van der Waals surface area contributed by atoms with Gasteiger partial charge >= 0.3 is 6.09 Å². The van der Waals surface area contributed by atoms with E-state index in [4.69, 9.17) is 9.72 Å². The van der Waals surface area contributed by atoms with E-state index in [0.717, 1.165) is 48.2 Å². The number of carbonyl (C=O) groups is 1. The van der Waals surface area contributed by atoms with Crippen molar-refractivity contribution in [3.05, 3.63) is 53.6 Å². The maximum Gasteiger partial charge on any atom is 0.407 e. The predicted octanol–water partition coefficient (Wildman–Crippen LogP) is 6.28. The molecule has 2 heterocycles. The fourth-order valence-electron chi connectivity index (χ4n) is 5.02. The number of hydrogen-bond donors (Lipinski definition) is 1. The van der Waals surface area contributed by atoms with E-state index >= 15 is 0 Å². The number of alkyl halides is 2. The van der Waals surface area contributed by atoms with Crippen LogP contribution in [0.2, 0.25) is 0 Å². The topological polar surface area (TPSA) is 67.4 Å². The number of nitrogens with one attached hydrogen (secondary N) is 1. The molecule has 1 saturated heterocycles. The minimum atomic E-state index is -2.62. The summed E-state index contributed by atoms with van der Waals surface area (Å²) in [5.41, 5.74) is 1.93. The van der Waals surface area contributed by atoms with Crippen molar-refractivity contribution in [2.75, 3.05) is 24.6 Å². The Hall–Kier alpha value is -3.29. The van der Waals surface area contributed by atoms with Crippen LogP contribution in [0.4, 0.5) is 19.4 Å². The van der Waals surface area contributed by atoms with Gasteiger partial charge in [0.25, 0.3) is 6.43 Å². The van der Waals surface area contributed by atoms with Crippen LogP contribution in [0.5, 0.6) is 0 Å². The third kappa shape index (κ3) is 4.86. The SMILES string of the molecule is Cc1ccc2c(N3CCC4(C[C@H]4NC(=O)OCC(C)(C)C)C3)nc(-c3ccccc3C(F)F)nc2c1. The Kier molecular flexibility index (Phi) is 6.09. The van der Waals surface area contributed by atoms with E-state index in [2.05, 4.69) is 15.2 Å². The molecule has 6 nitrogen and oxygen atoms in total. The van der Waals surface area contributed by atoms with E-state index in [1.54, 1.807) is 18.2 Å². The lowest BCUT2D eigenvalue weighted by molar-refractivity contribution is 0.105. The Morgan fingerprint density at radius 2 is 2.00 bits per heavy atom. The summed E-state index contributed by atoms with van der Waals surface area (Å²) in [5, 5.41) is 3.92. The van der Waals surface area contributed by atoms with Gasteiger partial charge in [0.1, 0.15) is 5.82 Å². The Labute approximate surface area is 210 Å². The molecule has 1 spiro atoms. The number of nitrogens with zero attached hydrogens (tertiary/aromatic N) is 3. The second-order valence-corrected chi connectivity index (χ2v) is 11.4. The summed E-state index contributed by atoms with van der Waals surface area (Å²) >= 11 is 0. The maximum atomic E-state index is 13.8. The van der Waals surface area contributed by atoms with Gasteiger partial charge in [-0.15, -0.1) is 0 Å². The smallest absolute Gasteiger partial charge is 0.407 e. The number of aromatic nitrogens is 2. The van der Waals surface area contributed by atoms with Crippen molar-refractivity contribution in [2.45, 2.75) is 53.0 Å². The number of ether oxygens (including phenoxy) is 1. The van der Waals surface area contributed by atoms with Crippen LogP contribution in [-0.2, 0) is 4.74 Å². The lowest BCUT2D eigenvalue weighted by Gasteiger charge is -2.21. The first-order chi connectivity index (χ1) is 17.0. The summed E-state index contributed by atoms with van der Waals surface area (Å²) in [6, 6.07) is 12.5. The lowest BCUT2D eigenvalue weighted by atomic mass is 9.99. The van der Waals surface area contributed by atoms with Gasteiger partial charge in [-0.05, 0) is 42.9 Å². The second-order valence-electron chi connectivity index (χ2n) is 11.4. The Bertz CT molecular complexity index is 1310. The first kappa shape index (κ1) is 24.4. The molecule has 1 aliphatic carbocycles. The number of hydrogen-bond acceptors (Lipinski definition) is 5. The zero-order valence-electron chi connectivity index (χ0n) is 21.1. The summed E-state index contributed by atoms with van der Waals surface area (Å²) in [7, 11) is 0. The zero-order valence-corrected chi connectivity index (χ0v) is 21.1. The monoisotopic (exact) mass is 494 g/mol. The van der Waals surface area contributed by atoms with Crippen LogP contribution in [-0.4, -0.2) is 41.8 Å². The van der Waals surface area contributed by atoms with Crippen molar-refractivity contribution in [2.24, 2.45) is 10.8 Å². The minimum Gasteiger partial charge on any atom is -0.449 e. The second kappa shape index (κ2) is 8.98. The minimum absolute atomic E-state index is 0.0240. The number of fused-ring (bicyclic) bond motifs is 1. The highest BCUT2D eigenvalue weighted by Gasteiger charge is 2.58. The maximum absolute atomic E-state index is 13.8. The Morgan fingerprint density at radius 3 is 2.75 bits per heavy atom. The third-order valence-corrected chi connectivity index (χ3v) is 7.07. The number of benzene rings is 2. The first-order valence-electron chi connectivity index (χ1n) is 12.4. The van der Waals surface area contributed by atoms with Crippen molar-refractivity contribution in [3.63, 3.8) is 0 Å². The van der Waals surface area contributed by atoms with Crippen molar-refractivity contribution < 1.29 is 18.3 Å². The van der Waals surface area contributed by atoms with Crippen LogP contribution in [0.1, 0.15) is 51.2 Å². The summed E-state index contributed by atoms with van der Waals surface area (Å²) in [4.78, 5) is 24.0. The molecule has 1 N–H and O–H groups in total. The van der Waals surface area contributed by atoms with Crippen LogP contribution in [0.25, 0.3) is 22.3 Å². The molecule has 2 aliphatic rings. The number of amides is 1. The molecule has 0 radical (unpaired) electrons. The average Bonchev–Trinajstić information content (AvgIpc) is 3.29. The first-order valence-corrected chi connectivity index (χ1v) is 12.4. The van der Waals surface area contributed by atoms with Crippen molar-refractivity contribution in [3.8, 4) is 11.4 Å². The highest BCUT2D eigenvalue weighted by Crippen LogP contribution is 2.54. The van der Waals surface area contributed by atoms with Crippen molar-refractivity contribution in [1.29, 1.82) is 0 Å². The van der Waals surface area contributed by atoms with Crippen LogP contribution in [0.3, 0.4) is 0 Å². The van der Waals surface area contributed by atoms with Crippen molar-refractivity contribution in [1.82, 2.24) is 15.3 Å². The van der Waals surface area contributed by atoms with Gasteiger partial charge in [0, 0.05) is 41.1 Å². The summed E-state index contributed by atoms with van der Waals surface area (Å²) < 4.78 is 32.9. The molecule has 1 unspecified atom stereocenters. The number of carbonyl (C=O) groups excluding carboxylic acids is 1. The van der Waals surface area contributed by atoms with E-state index in [1.807, 2.05) is 45.9 Å². The lowest BCUT2D eigenvalue weighted by Crippen LogP contribution is -2.33. The highest BCUT2D eigenvalue weighted by atomic mass is 19.3. The molecular weight excluding hydrogens is 462 g/mol. The van der Waals surface area contributed by atoms with E-state index in [9.17, 15) is 13.6 Å². The quantitative estimate of drug-likeness (QED) is 0.452. The van der Waals surface area contributed by atoms with E-state index in [1.165, 1.54) is 6.07 Å². The molecule has 190 valence electrons. The third-order valence-electron chi connectivity index (χ3n) is 7.07. The molecule has 2 aromatic carbocycles. The number of rotatable bonds is 5. The average molecular weight is 495 g/mol. The van der Waals surface area contributed by atoms with Gasteiger partial charge in [-0.25, -0.2) is 23.5 Å². The van der Waals surface area contributed by atoms with Crippen molar-refractivity contribution >= 4 is 22.8 Å². The van der Waals surface area contributed by atoms with E-state index < -0.39 is 6.43 Å². The molecule has 1 saturated carbocycles. The van der Waals surface area contributed by atoms with E-state index in [-0.39, 0.29) is 28.5 Å². The van der Waals surface area contributed by atoms with E-state index in [0.29, 0.717) is 18.0 Å². The van der Waals surface area contributed by atoms with Gasteiger partial charge in [0.2, 0.25) is 0 Å². The Balaban J connectivity index is 1.42. The zero-order chi connectivity index (χ0) is 25.7. The van der Waals surface area contributed by atoms with Gasteiger partial charge < -0.3 is 15.0 Å². The molecule has 3 aromatic rings. The number of alkyl carbamates (subject to hydrolysis) is 1. The van der Waals surface area contributed by atoms with Gasteiger partial charge in [-0.1, -0.05) is 51.1 Å². The number of halogens is 2. The van der Waals surface area contributed by atoms with Crippen LogP contribution in [0.15, 0.2) is 42.5 Å². The normalized spacial score (nSPS) is 21.4. The summed E-state index contributed by atoms with van der Waals surface area (Å²) in [5.74, 6) is 1.05. The summed E-state index contributed by atoms with van der Waals surface area (Å²) in [6.07, 6.45) is -1.19. The van der Waals surface area contributed by atoms with Gasteiger partial charge in [0.15, 0.2) is 5.82 Å². The van der Waals surface area contributed by atoms with Gasteiger partial charge in [-0.3, -0.25) is 0 Å². The number of aryl methyl sites for hydroxylation is 1. The van der Waals surface area contributed by atoms with Gasteiger partial charge in [-0.2, -0.15) is 0 Å². The largest absolute Gasteiger partial charge is 0.449 e. The Morgan fingerprint density at radius 1 is 1.22 bits per heavy atom. The van der Waals surface area contributed by atoms with Gasteiger partial charge in [0.05, 0.1) is 12.1 Å². The predicted molar refractivity (Wildman–Crippen MR) is 136 cm³/mol. The summed E-state index contributed by atoms with van der Waals surface area (Å²) in [6.45, 7) is 9.91. The van der Waals surface area contributed by atoms with Crippen LogP contribution >= 0.6 is 0 Å². The molecule has 36 heavy (non-hydrogen) atoms. The number of anilines is 1. The molecule has 2 atom stereocenters. The molecule has 5 rings (SSSR count). The molecule has 8 heteroatoms. The fraction of sp³-hybridized carbons (Fsp3) is 0.464. The molecule has 0 bridgehead atoms. The standard InChI is InChI=1S/C28H32F2N4O2/c1-17-9-10-20-21(13-17)31-24(19-8-6-5-7-18(19)23(29)30)33-25(20)34-12-11-28(15-34)14-22(28)32-26(35)36-16-27(2,3)4/h5-10,13,22-23H,11-12,14-16H2,1-4H3,(H,32,35)/t22-,28?/m1/s1. The molecule has 2 fully saturated rings. The highest BCUT2D eigenvalue weighted by molar-refractivity contribution is 5.92. The fourth-order valence-corrected chi connectivity index (χ4v) is 5.02. The molecule has 1 aliphatic heterocycles. The van der Waals surface area contributed by atoms with Crippen LogP contribution in [0, 0.1) is 17.8 Å².